The molecule has 3 aromatic heterocycles. The summed E-state index contributed by atoms with van der Waals surface area (Å²) in [4.78, 5) is 21.7. The first-order valence-corrected chi connectivity index (χ1v) is 10.4. The summed E-state index contributed by atoms with van der Waals surface area (Å²) in [6, 6.07) is 12.0. The number of anilines is 1. The predicted molar refractivity (Wildman–Crippen MR) is 118 cm³/mol. The van der Waals surface area contributed by atoms with E-state index in [9.17, 15) is 4.79 Å². The van der Waals surface area contributed by atoms with Crippen LogP contribution >= 0.6 is 0 Å². The Bertz CT molecular complexity index is 1340. The van der Waals surface area contributed by atoms with Crippen molar-refractivity contribution in [2.24, 2.45) is 0 Å². The number of hydrogen-bond acceptors (Lipinski definition) is 6. The summed E-state index contributed by atoms with van der Waals surface area (Å²) < 4.78 is 3.38. The Labute approximate surface area is 179 Å². The van der Waals surface area contributed by atoms with Crippen molar-refractivity contribution in [1.82, 2.24) is 29.5 Å². The minimum Gasteiger partial charge on any atom is -0.368 e. The van der Waals surface area contributed by atoms with Crippen LogP contribution in [0.3, 0.4) is 0 Å². The molecular formula is C23H23N7O. The van der Waals surface area contributed by atoms with Crippen LogP contribution in [-0.2, 0) is 19.4 Å². The van der Waals surface area contributed by atoms with E-state index in [1.807, 2.05) is 44.3 Å². The highest BCUT2D eigenvalue weighted by atomic mass is 16.1. The Morgan fingerprint density at radius 2 is 1.87 bits per heavy atom. The van der Waals surface area contributed by atoms with Crippen LogP contribution in [0.25, 0.3) is 22.6 Å². The quantitative estimate of drug-likeness (QED) is 0.552. The summed E-state index contributed by atoms with van der Waals surface area (Å²) in [7, 11) is 0. The average molecular weight is 413 g/mol. The molecule has 0 amide bonds. The molecule has 0 aliphatic heterocycles. The zero-order valence-electron chi connectivity index (χ0n) is 17.5. The number of fused-ring (bicyclic) bond motifs is 3. The molecule has 0 fully saturated rings. The average Bonchev–Trinajstić information content (AvgIpc) is 3.22. The van der Waals surface area contributed by atoms with Gasteiger partial charge in [0.1, 0.15) is 11.4 Å². The Morgan fingerprint density at radius 1 is 1.06 bits per heavy atom. The summed E-state index contributed by atoms with van der Waals surface area (Å²) in [5.74, 6) is 0.211. The van der Waals surface area contributed by atoms with Gasteiger partial charge in [-0.2, -0.15) is 0 Å². The standard InChI is InChI=1S/C23H23N7O/c1-14(2)30-11-5-7-16(22(30)31)12-29-13-19(27-28-29)21-18-10-9-15-6-3-4-8-17(15)20(18)25-23(24)26-21/h3-8,11,13-14H,9-10,12H2,1-2H3,(H2,24,25,26). The minimum absolute atomic E-state index is 0.0187. The monoisotopic (exact) mass is 413 g/mol. The number of pyridine rings is 1. The maximum atomic E-state index is 12.7. The SMILES string of the molecule is CC(C)n1cccc(Cn2cc(-c3nc(N)nc4c3CCc3ccccc3-4)nn2)c1=O. The molecule has 1 aromatic carbocycles. The molecule has 0 saturated heterocycles. The number of aromatic nitrogens is 6. The molecule has 0 unspecified atom stereocenters. The van der Waals surface area contributed by atoms with Gasteiger partial charge in [-0.25, -0.2) is 14.6 Å². The Morgan fingerprint density at radius 3 is 2.71 bits per heavy atom. The molecule has 0 bridgehead atoms. The van der Waals surface area contributed by atoms with Gasteiger partial charge in [-0.15, -0.1) is 5.10 Å². The second kappa shape index (κ2) is 7.46. The molecule has 4 aromatic rings. The summed E-state index contributed by atoms with van der Waals surface area (Å²) in [5, 5.41) is 8.58. The Balaban J connectivity index is 1.53. The fourth-order valence-corrected chi connectivity index (χ4v) is 4.14. The van der Waals surface area contributed by atoms with Gasteiger partial charge in [0.2, 0.25) is 5.95 Å². The lowest BCUT2D eigenvalue weighted by atomic mass is 9.88. The lowest BCUT2D eigenvalue weighted by Crippen LogP contribution is -2.25. The summed E-state index contributed by atoms with van der Waals surface area (Å²) >= 11 is 0. The van der Waals surface area contributed by atoms with Crippen LogP contribution in [0.15, 0.2) is 53.6 Å². The number of benzene rings is 1. The molecule has 0 radical (unpaired) electrons. The van der Waals surface area contributed by atoms with E-state index < -0.39 is 0 Å². The molecule has 8 nitrogen and oxygen atoms in total. The molecule has 1 aliphatic rings. The second-order valence-corrected chi connectivity index (χ2v) is 8.06. The van der Waals surface area contributed by atoms with E-state index in [0.717, 1.165) is 29.7 Å². The third-order valence-corrected chi connectivity index (χ3v) is 5.66. The zero-order chi connectivity index (χ0) is 21.5. The van der Waals surface area contributed by atoms with Gasteiger partial charge in [0, 0.05) is 28.9 Å². The molecule has 0 saturated carbocycles. The van der Waals surface area contributed by atoms with Gasteiger partial charge in [-0.05, 0) is 38.3 Å². The van der Waals surface area contributed by atoms with Gasteiger partial charge in [-0.1, -0.05) is 35.5 Å². The molecule has 1 aliphatic carbocycles. The lowest BCUT2D eigenvalue weighted by Gasteiger charge is -2.20. The highest BCUT2D eigenvalue weighted by Crippen LogP contribution is 2.36. The van der Waals surface area contributed by atoms with Gasteiger partial charge >= 0.3 is 0 Å². The van der Waals surface area contributed by atoms with Gasteiger partial charge in [0.25, 0.3) is 5.56 Å². The molecule has 0 spiro atoms. The topological polar surface area (TPSA) is 105 Å². The molecule has 5 rings (SSSR count). The number of nitrogens with zero attached hydrogens (tertiary/aromatic N) is 6. The van der Waals surface area contributed by atoms with E-state index in [-0.39, 0.29) is 17.5 Å². The van der Waals surface area contributed by atoms with E-state index in [1.165, 1.54) is 5.56 Å². The number of rotatable bonds is 4. The van der Waals surface area contributed by atoms with Crippen molar-refractivity contribution in [3.05, 3.63) is 75.8 Å². The lowest BCUT2D eigenvalue weighted by molar-refractivity contribution is 0.563. The van der Waals surface area contributed by atoms with Crippen molar-refractivity contribution >= 4 is 5.95 Å². The van der Waals surface area contributed by atoms with E-state index >= 15 is 0 Å². The summed E-state index contributed by atoms with van der Waals surface area (Å²) in [6.07, 6.45) is 5.34. The minimum atomic E-state index is -0.0187. The highest BCUT2D eigenvalue weighted by Gasteiger charge is 2.24. The molecule has 3 heterocycles. The predicted octanol–water partition coefficient (Wildman–Crippen LogP) is 2.87. The van der Waals surface area contributed by atoms with Crippen molar-refractivity contribution in [2.75, 3.05) is 5.73 Å². The van der Waals surface area contributed by atoms with Crippen LogP contribution in [0.5, 0.6) is 0 Å². The number of aryl methyl sites for hydroxylation is 1. The van der Waals surface area contributed by atoms with Crippen molar-refractivity contribution in [3.8, 4) is 22.6 Å². The van der Waals surface area contributed by atoms with Crippen LogP contribution in [0.2, 0.25) is 0 Å². The normalized spacial score (nSPS) is 12.6. The van der Waals surface area contributed by atoms with Crippen LogP contribution in [0.1, 0.15) is 36.6 Å². The first-order valence-electron chi connectivity index (χ1n) is 10.4. The van der Waals surface area contributed by atoms with Crippen molar-refractivity contribution in [3.63, 3.8) is 0 Å². The van der Waals surface area contributed by atoms with Gasteiger partial charge in [0.05, 0.1) is 18.4 Å². The fraction of sp³-hybridized carbons (Fsp3) is 0.261. The molecule has 2 N–H and O–H groups in total. The smallest absolute Gasteiger partial charge is 0.255 e. The third kappa shape index (κ3) is 3.39. The first kappa shape index (κ1) is 19.2. The third-order valence-electron chi connectivity index (χ3n) is 5.66. The maximum Gasteiger partial charge on any atom is 0.255 e. The Kier molecular flexibility index (Phi) is 4.62. The second-order valence-electron chi connectivity index (χ2n) is 8.06. The molecule has 8 heteroatoms. The molecule has 0 atom stereocenters. The zero-order valence-corrected chi connectivity index (χ0v) is 17.5. The molecular weight excluding hydrogens is 390 g/mol. The summed E-state index contributed by atoms with van der Waals surface area (Å²) in [6.45, 7) is 4.31. The highest BCUT2D eigenvalue weighted by molar-refractivity contribution is 5.76. The molecule has 31 heavy (non-hydrogen) atoms. The number of hydrogen-bond donors (Lipinski definition) is 1. The van der Waals surface area contributed by atoms with E-state index in [4.69, 9.17) is 5.73 Å². The van der Waals surface area contributed by atoms with Crippen molar-refractivity contribution in [1.29, 1.82) is 0 Å². The number of nitrogen functional groups attached to an aromatic ring is 1. The molecule has 156 valence electrons. The van der Waals surface area contributed by atoms with Crippen LogP contribution in [0.4, 0.5) is 5.95 Å². The summed E-state index contributed by atoms with van der Waals surface area (Å²) in [5.41, 5.74) is 12.3. The maximum absolute atomic E-state index is 12.7. The van der Waals surface area contributed by atoms with Crippen LogP contribution in [-0.4, -0.2) is 29.5 Å². The van der Waals surface area contributed by atoms with Crippen molar-refractivity contribution < 1.29 is 0 Å². The Hall–Kier alpha value is -3.81. The van der Waals surface area contributed by atoms with Gasteiger partial charge in [0.15, 0.2) is 0 Å². The van der Waals surface area contributed by atoms with Crippen LogP contribution in [0, 0.1) is 0 Å². The van der Waals surface area contributed by atoms with E-state index in [1.54, 1.807) is 15.4 Å². The largest absolute Gasteiger partial charge is 0.368 e. The van der Waals surface area contributed by atoms with Crippen molar-refractivity contribution in [2.45, 2.75) is 39.3 Å². The van der Waals surface area contributed by atoms with Gasteiger partial charge in [-0.3, -0.25) is 4.79 Å². The van der Waals surface area contributed by atoms with E-state index in [2.05, 4.69) is 32.4 Å². The number of nitrogens with two attached hydrogens (primary N) is 1. The first-order chi connectivity index (χ1) is 15.0. The van der Waals surface area contributed by atoms with Crippen LogP contribution < -0.4 is 11.3 Å². The van der Waals surface area contributed by atoms with E-state index in [0.29, 0.717) is 23.5 Å². The fourth-order valence-electron chi connectivity index (χ4n) is 4.14. The van der Waals surface area contributed by atoms with Gasteiger partial charge < -0.3 is 10.3 Å².